The fraction of sp³-hybridized carbons (Fsp3) is 0.625. The molecule has 0 fully saturated rings. The maximum absolute atomic E-state index is 5.71. The molecule has 1 aromatic rings. The van der Waals surface area contributed by atoms with E-state index in [1.54, 1.807) is 0 Å². The van der Waals surface area contributed by atoms with E-state index in [0.29, 0.717) is 0 Å². The molecule has 0 aromatic heterocycles. The number of benzene rings is 1. The average Bonchev–Trinajstić information content (AvgIpc) is 2.32. The molecule has 0 saturated carbocycles. The van der Waals surface area contributed by atoms with Crippen LogP contribution < -0.4 is 10.1 Å². The predicted octanol–water partition coefficient (Wildman–Crippen LogP) is 3.79. The first kappa shape index (κ1) is 15.0. The first-order chi connectivity index (χ1) is 8.68. The average molecular weight is 249 g/mol. The number of unbranched alkanes of at least 4 members (excludes halogenated alkanes) is 2. The molecule has 1 N–H and O–H groups in total. The summed E-state index contributed by atoms with van der Waals surface area (Å²) in [5, 5.41) is 3.46. The fourth-order valence-corrected chi connectivity index (χ4v) is 1.81. The molecule has 0 heterocycles. The third-order valence-corrected chi connectivity index (χ3v) is 2.81. The van der Waals surface area contributed by atoms with Crippen molar-refractivity contribution >= 4 is 0 Å². The smallest absolute Gasteiger partial charge is 0.119 e. The van der Waals surface area contributed by atoms with Gasteiger partial charge in [0, 0.05) is 0 Å². The summed E-state index contributed by atoms with van der Waals surface area (Å²) in [5.41, 5.74) is 1.25. The zero-order valence-electron chi connectivity index (χ0n) is 12.0. The second-order valence-electron chi connectivity index (χ2n) is 5.32. The van der Waals surface area contributed by atoms with Gasteiger partial charge in [-0.05, 0) is 62.9 Å². The van der Waals surface area contributed by atoms with Crippen molar-refractivity contribution in [3.8, 4) is 5.75 Å². The fourth-order valence-electron chi connectivity index (χ4n) is 1.81. The van der Waals surface area contributed by atoms with Crippen LogP contribution in [0.25, 0.3) is 0 Å². The standard InChI is InChI=1S/C16H27NO/c1-14(2)13-17-10-5-4-6-11-18-16-9-7-8-15(3)12-16/h7-9,12,14,17H,4-6,10-11,13H2,1-3H3. The highest BCUT2D eigenvalue weighted by Gasteiger charge is 1.95. The minimum Gasteiger partial charge on any atom is -0.494 e. The van der Waals surface area contributed by atoms with Gasteiger partial charge in [-0.2, -0.15) is 0 Å². The maximum atomic E-state index is 5.71. The molecule has 0 spiro atoms. The first-order valence-electron chi connectivity index (χ1n) is 7.08. The van der Waals surface area contributed by atoms with E-state index in [2.05, 4.69) is 38.2 Å². The van der Waals surface area contributed by atoms with Crippen LogP contribution in [0.1, 0.15) is 38.7 Å². The van der Waals surface area contributed by atoms with Crippen LogP contribution in [0.15, 0.2) is 24.3 Å². The molecule has 1 rings (SSSR count). The Morgan fingerprint density at radius 2 is 2.00 bits per heavy atom. The zero-order chi connectivity index (χ0) is 13.2. The molecule has 102 valence electrons. The van der Waals surface area contributed by atoms with Gasteiger partial charge in [-0.1, -0.05) is 26.0 Å². The lowest BCUT2D eigenvalue weighted by molar-refractivity contribution is 0.304. The van der Waals surface area contributed by atoms with Crippen LogP contribution in [0.2, 0.25) is 0 Å². The van der Waals surface area contributed by atoms with E-state index in [9.17, 15) is 0 Å². The number of aryl methyl sites for hydroxylation is 1. The third-order valence-electron chi connectivity index (χ3n) is 2.81. The topological polar surface area (TPSA) is 21.3 Å². The lowest BCUT2D eigenvalue weighted by Gasteiger charge is -2.08. The van der Waals surface area contributed by atoms with Gasteiger partial charge in [0.05, 0.1) is 6.61 Å². The van der Waals surface area contributed by atoms with Crippen molar-refractivity contribution in [2.24, 2.45) is 5.92 Å². The summed E-state index contributed by atoms with van der Waals surface area (Å²) in [6.45, 7) is 9.65. The van der Waals surface area contributed by atoms with Gasteiger partial charge in [0.2, 0.25) is 0 Å². The molecular weight excluding hydrogens is 222 g/mol. The Morgan fingerprint density at radius 1 is 1.17 bits per heavy atom. The van der Waals surface area contributed by atoms with Crippen LogP contribution in [0, 0.1) is 12.8 Å². The Hall–Kier alpha value is -1.02. The predicted molar refractivity (Wildman–Crippen MR) is 78.2 cm³/mol. The van der Waals surface area contributed by atoms with Gasteiger partial charge >= 0.3 is 0 Å². The number of ether oxygens (including phenoxy) is 1. The maximum Gasteiger partial charge on any atom is 0.119 e. The molecule has 0 amide bonds. The summed E-state index contributed by atoms with van der Waals surface area (Å²) in [5.74, 6) is 1.74. The van der Waals surface area contributed by atoms with Crippen LogP contribution in [-0.2, 0) is 0 Å². The van der Waals surface area contributed by atoms with Gasteiger partial charge in [-0.15, -0.1) is 0 Å². The second kappa shape index (κ2) is 8.98. The molecule has 0 unspecified atom stereocenters. The molecule has 0 radical (unpaired) electrons. The van der Waals surface area contributed by atoms with Crippen molar-refractivity contribution in [3.63, 3.8) is 0 Å². The van der Waals surface area contributed by atoms with Crippen LogP contribution in [0.3, 0.4) is 0 Å². The lowest BCUT2D eigenvalue weighted by atomic mass is 10.2. The minimum atomic E-state index is 0.745. The summed E-state index contributed by atoms with van der Waals surface area (Å²) in [4.78, 5) is 0. The monoisotopic (exact) mass is 249 g/mol. The highest BCUT2D eigenvalue weighted by molar-refractivity contribution is 5.27. The van der Waals surface area contributed by atoms with Gasteiger partial charge in [-0.3, -0.25) is 0 Å². The molecule has 0 aliphatic rings. The van der Waals surface area contributed by atoms with Gasteiger partial charge in [0.25, 0.3) is 0 Å². The zero-order valence-corrected chi connectivity index (χ0v) is 12.0. The van der Waals surface area contributed by atoms with Crippen molar-refractivity contribution in [3.05, 3.63) is 29.8 Å². The Bertz CT molecular complexity index is 323. The van der Waals surface area contributed by atoms with E-state index in [1.165, 1.54) is 18.4 Å². The first-order valence-corrected chi connectivity index (χ1v) is 7.08. The molecule has 2 heteroatoms. The molecule has 0 bridgehead atoms. The van der Waals surface area contributed by atoms with Gasteiger partial charge < -0.3 is 10.1 Å². The second-order valence-corrected chi connectivity index (χ2v) is 5.32. The van der Waals surface area contributed by atoms with Crippen molar-refractivity contribution in [1.29, 1.82) is 0 Å². The van der Waals surface area contributed by atoms with Crippen LogP contribution in [0.4, 0.5) is 0 Å². The lowest BCUT2D eigenvalue weighted by Crippen LogP contribution is -2.20. The molecule has 0 aliphatic heterocycles. The normalized spacial score (nSPS) is 10.9. The van der Waals surface area contributed by atoms with E-state index in [-0.39, 0.29) is 0 Å². The van der Waals surface area contributed by atoms with Gasteiger partial charge in [0.15, 0.2) is 0 Å². The van der Waals surface area contributed by atoms with Crippen molar-refractivity contribution in [1.82, 2.24) is 5.32 Å². The van der Waals surface area contributed by atoms with Crippen molar-refractivity contribution < 1.29 is 4.74 Å². The van der Waals surface area contributed by atoms with Crippen LogP contribution >= 0.6 is 0 Å². The van der Waals surface area contributed by atoms with E-state index >= 15 is 0 Å². The highest BCUT2D eigenvalue weighted by atomic mass is 16.5. The SMILES string of the molecule is Cc1cccc(OCCCCCNCC(C)C)c1. The summed E-state index contributed by atoms with van der Waals surface area (Å²) in [7, 11) is 0. The molecule has 0 aliphatic carbocycles. The molecule has 18 heavy (non-hydrogen) atoms. The van der Waals surface area contributed by atoms with Gasteiger partial charge in [-0.25, -0.2) is 0 Å². The summed E-state index contributed by atoms with van der Waals surface area (Å²) in [6, 6.07) is 8.25. The molecular formula is C16H27NO. The molecule has 0 atom stereocenters. The van der Waals surface area contributed by atoms with Crippen LogP contribution in [0.5, 0.6) is 5.75 Å². The van der Waals surface area contributed by atoms with E-state index < -0.39 is 0 Å². The molecule has 2 nitrogen and oxygen atoms in total. The highest BCUT2D eigenvalue weighted by Crippen LogP contribution is 2.12. The number of hydrogen-bond acceptors (Lipinski definition) is 2. The minimum absolute atomic E-state index is 0.745. The third kappa shape index (κ3) is 7.33. The largest absolute Gasteiger partial charge is 0.494 e. The van der Waals surface area contributed by atoms with E-state index in [4.69, 9.17) is 4.74 Å². The van der Waals surface area contributed by atoms with Crippen LogP contribution in [-0.4, -0.2) is 19.7 Å². The Labute approximate surface area is 112 Å². The number of rotatable bonds is 9. The summed E-state index contributed by atoms with van der Waals surface area (Å²) in [6.07, 6.45) is 3.61. The molecule has 0 saturated heterocycles. The Balaban J connectivity index is 1.96. The summed E-state index contributed by atoms with van der Waals surface area (Å²) >= 11 is 0. The van der Waals surface area contributed by atoms with Crippen molar-refractivity contribution in [2.75, 3.05) is 19.7 Å². The summed E-state index contributed by atoms with van der Waals surface area (Å²) < 4.78 is 5.71. The Kier molecular flexibility index (Phi) is 7.51. The molecule has 1 aromatic carbocycles. The van der Waals surface area contributed by atoms with E-state index in [1.807, 2.05) is 12.1 Å². The van der Waals surface area contributed by atoms with Gasteiger partial charge in [0.1, 0.15) is 5.75 Å². The quantitative estimate of drug-likeness (QED) is 0.672. The number of hydrogen-bond donors (Lipinski definition) is 1. The number of nitrogens with one attached hydrogen (secondary N) is 1. The Morgan fingerprint density at radius 3 is 2.72 bits per heavy atom. The van der Waals surface area contributed by atoms with E-state index in [0.717, 1.165) is 37.8 Å². The van der Waals surface area contributed by atoms with Crippen molar-refractivity contribution in [2.45, 2.75) is 40.0 Å².